The quantitative estimate of drug-likeness (QED) is 0.215. The van der Waals surface area contributed by atoms with Gasteiger partial charge in [0.1, 0.15) is 18.2 Å². The number of carbonyl (C=O) groups excluding carboxylic acids is 1. The standard InChI is InChI=1S/C14H15N3O.C10H16O.C2H7N.CH3Br/c15-8-12-6-10-7-14(16-9-13(10)18-12)17-11-4-2-1-3-5-11;1-3-5-7-10(6-4-2)8-9-11;1-3-2;1-2/h6-7,9,11H,1-5H2,(H,16,17);3-5,9-10H,2,6-8H2,1H3;3H,1-2H3;1H3/b;5-3-;;. The van der Waals surface area contributed by atoms with Crippen LogP contribution in [0.25, 0.3) is 11.0 Å². The number of anilines is 1. The summed E-state index contributed by atoms with van der Waals surface area (Å²) in [6.07, 6.45) is 17.6. The maximum Gasteiger partial charge on any atom is 0.204 e. The van der Waals surface area contributed by atoms with E-state index in [1.165, 1.54) is 32.1 Å². The van der Waals surface area contributed by atoms with Gasteiger partial charge in [0.05, 0.1) is 6.20 Å². The third-order valence-corrected chi connectivity index (χ3v) is 5.11. The van der Waals surface area contributed by atoms with Gasteiger partial charge in [-0.25, -0.2) is 4.98 Å². The number of aldehydes is 1. The molecule has 1 unspecified atom stereocenters. The fourth-order valence-electron chi connectivity index (χ4n) is 3.52. The predicted molar refractivity (Wildman–Crippen MR) is 147 cm³/mol. The van der Waals surface area contributed by atoms with Crippen LogP contribution in [-0.2, 0) is 4.79 Å². The van der Waals surface area contributed by atoms with Crippen LogP contribution in [0.1, 0.15) is 64.1 Å². The van der Waals surface area contributed by atoms with E-state index in [2.05, 4.69) is 44.2 Å². The summed E-state index contributed by atoms with van der Waals surface area (Å²) in [7, 11) is 3.75. The van der Waals surface area contributed by atoms with Gasteiger partial charge >= 0.3 is 0 Å². The van der Waals surface area contributed by atoms with Crippen molar-refractivity contribution in [2.24, 2.45) is 5.92 Å². The van der Waals surface area contributed by atoms with Crippen molar-refractivity contribution in [3.63, 3.8) is 0 Å². The molecule has 1 atom stereocenters. The van der Waals surface area contributed by atoms with Gasteiger partial charge in [-0.1, -0.05) is 53.4 Å². The third-order valence-electron chi connectivity index (χ3n) is 5.11. The smallest absolute Gasteiger partial charge is 0.204 e. The van der Waals surface area contributed by atoms with E-state index < -0.39 is 0 Å². The van der Waals surface area contributed by atoms with Crippen molar-refractivity contribution in [3.8, 4) is 6.07 Å². The molecule has 1 saturated carbocycles. The van der Waals surface area contributed by atoms with Gasteiger partial charge in [-0.3, -0.25) is 0 Å². The van der Waals surface area contributed by atoms with E-state index in [9.17, 15) is 4.79 Å². The van der Waals surface area contributed by atoms with Crippen LogP contribution in [-0.4, -0.2) is 37.2 Å². The number of pyridine rings is 1. The monoisotopic (exact) mass is 532 g/mol. The van der Waals surface area contributed by atoms with Crippen LogP contribution in [0.15, 0.2) is 47.6 Å². The number of alkyl halides is 1. The highest BCUT2D eigenvalue weighted by atomic mass is 79.9. The zero-order valence-corrected chi connectivity index (χ0v) is 22.7. The Morgan fingerprint density at radius 2 is 1.91 bits per heavy atom. The molecule has 2 aromatic heterocycles. The fraction of sp³-hybridized carbons (Fsp3) is 0.519. The van der Waals surface area contributed by atoms with E-state index in [1.54, 1.807) is 12.3 Å². The summed E-state index contributed by atoms with van der Waals surface area (Å²) in [4.78, 5) is 14.5. The lowest BCUT2D eigenvalue weighted by molar-refractivity contribution is -0.108. The molecule has 7 heteroatoms. The van der Waals surface area contributed by atoms with Crippen molar-refractivity contribution in [1.29, 1.82) is 5.26 Å². The first-order valence-corrected chi connectivity index (χ1v) is 13.4. The summed E-state index contributed by atoms with van der Waals surface area (Å²) >= 11 is 2.94. The summed E-state index contributed by atoms with van der Waals surface area (Å²) in [6, 6.07) is 6.24. The minimum Gasteiger partial charge on any atom is -0.444 e. The Bertz CT molecular complexity index is 857. The molecule has 1 aliphatic carbocycles. The molecular weight excluding hydrogens is 492 g/mol. The van der Waals surface area contributed by atoms with Crippen molar-refractivity contribution < 1.29 is 9.21 Å². The molecule has 0 saturated heterocycles. The average molecular weight is 534 g/mol. The number of nitrogens with zero attached hydrogens (tertiary/aromatic N) is 2. The van der Waals surface area contributed by atoms with Gasteiger partial charge < -0.3 is 19.8 Å². The maximum absolute atomic E-state index is 10.2. The summed E-state index contributed by atoms with van der Waals surface area (Å²) < 4.78 is 5.31. The molecule has 0 bridgehead atoms. The zero-order chi connectivity index (χ0) is 25.6. The summed E-state index contributed by atoms with van der Waals surface area (Å²) in [6.45, 7) is 5.64. The zero-order valence-electron chi connectivity index (χ0n) is 21.1. The van der Waals surface area contributed by atoms with Gasteiger partial charge in [0, 0.05) is 23.9 Å². The number of hydrogen-bond donors (Lipinski definition) is 2. The lowest BCUT2D eigenvalue weighted by atomic mass is 9.95. The van der Waals surface area contributed by atoms with E-state index in [-0.39, 0.29) is 0 Å². The highest BCUT2D eigenvalue weighted by Gasteiger charge is 2.14. The molecule has 0 radical (unpaired) electrons. The average Bonchev–Trinajstić information content (AvgIpc) is 3.28. The van der Waals surface area contributed by atoms with Crippen LogP contribution < -0.4 is 10.6 Å². The highest BCUT2D eigenvalue weighted by Crippen LogP contribution is 2.24. The summed E-state index contributed by atoms with van der Waals surface area (Å²) in [5.41, 5.74) is 0.667. The van der Waals surface area contributed by atoms with E-state index in [0.717, 1.165) is 30.3 Å². The lowest BCUT2D eigenvalue weighted by Gasteiger charge is -2.23. The molecule has 3 rings (SSSR count). The number of halogens is 1. The Kier molecular flexibility index (Phi) is 19.6. The molecule has 0 aromatic carbocycles. The Hall–Kier alpha value is -2.43. The normalized spacial score (nSPS) is 13.8. The minimum absolute atomic E-state index is 0.335. The van der Waals surface area contributed by atoms with E-state index in [1.807, 2.05) is 51.1 Å². The van der Waals surface area contributed by atoms with Crippen molar-refractivity contribution >= 4 is 39.0 Å². The van der Waals surface area contributed by atoms with Crippen LogP contribution in [0.4, 0.5) is 5.82 Å². The van der Waals surface area contributed by atoms with Gasteiger partial charge in [0.25, 0.3) is 0 Å². The van der Waals surface area contributed by atoms with Crippen molar-refractivity contribution in [1.82, 2.24) is 10.3 Å². The van der Waals surface area contributed by atoms with Crippen LogP contribution in [0.3, 0.4) is 0 Å². The molecule has 0 amide bonds. The number of allylic oxidation sites excluding steroid dienone is 3. The van der Waals surface area contributed by atoms with E-state index in [4.69, 9.17) is 9.68 Å². The lowest BCUT2D eigenvalue weighted by Crippen LogP contribution is -2.22. The molecular formula is C27H41BrN4O2. The third kappa shape index (κ3) is 13.3. The van der Waals surface area contributed by atoms with Gasteiger partial charge in [-0.05, 0) is 64.5 Å². The van der Waals surface area contributed by atoms with E-state index in [0.29, 0.717) is 29.7 Å². The topological polar surface area (TPSA) is 91.0 Å². The van der Waals surface area contributed by atoms with Gasteiger partial charge in [0.2, 0.25) is 5.76 Å². The number of aromatic nitrogens is 1. The first-order valence-electron chi connectivity index (χ1n) is 11.8. The molecule has 2 N–H and O–H groups in total. The molecule has 0 spiro atoms. The first kappa shape index (κ1) is 31.6. The molecule has 1 fully saturated rings. The summed E-state index contributed by atoms with van der Waals surface area (Å²) in [5.74, 6) is 3.48. The molecule has 6 nitrogen and oxygen atoms in total. The number of nitrogens with one attached hydrogen (secondary N) is 2. The second-order valence-electron chi connectivity index (χ2n) is 7.91. The number of nitriles is 1. The van der Waals surface area contributed by atoms with Crippen LogP contribution in [0.5, 0.6) is 0 Å². The fourth-order valence-corrected chi connectivity index (χ4v) is 3.52. The molecule has 1 aliphatic rings. The number of carbonyl (C=O) groups is 1. The van der Waals surface area contributed by atoms with Gasteiger partial charge in [-0.2, -0.15) is 5.26 Å². The van der Waals surface area contributed by atoms with Crippen LogP contribution >= 0.6 is 15.9 Å². The largest absolute Gasteiger partial charge is 0.444 e. The number of hydrogen-bond acceptors (Lipinski definition) is 6. The minimum atomic E-state index is 0.335. The van der Waals surface area contributed by atoms with E-state index >= 15 is 0 Å². The number of fused-ring (bicyclic) bond motifs is 1. The predicted octanol–water partition coefficient (Wildman–Crippen LogP) is 7.02. The second-order valence-corrected chi connectivity index (χ2v) is 7.91. The van der Waals surface area contributed by atoms with Crippen molar-refractivity contribution in [2.75, 3.05) is 25.2 Å². The Labute approximate surface area is 214 Å². The number of furan rings is 1. The molecule has 0 aliphatic heterocycles. The second kappa shape index (κ2) is 21.1. The SMILES string of the molecule is C=CCC(CC=O)C/C=C\C.CBr.CNC.N#Cc1cc2cc(NC3CCCCC3)ncc2o1. The first-order chi connectivity index (χ1) is 16.6. The van der Waals surface area contributed by atoms with Gasteiger partial charge in [-0.15, -0.1) is 6.58 Å². The Balaban J connectivity index is 0.000000588. The molecule has 2 heterocycles. The summed E-state index contributed by atoms with van der Waals surface area (Å²) in [5, 5.41) is 15.9. The van der Waals surface area contributed by atoms with Crippen molar-refractivity contribution in [2.45, 2.75) is 64.3 Å². The van der Waals surface area contributed by atoms with Crippen molar-refractivity contribution in [3.05, 3.63) is 48.9 Å². The molecule has 34 heavy (non-hydrogen) atoms. The molecule has 188 valence electrons. The maximum atomic E-state index is 10.2. The Morgan fingerprint density at radius 1 is 1.24 bits per heavy atom. The Morgan fingerprint density at radius 3 is 2.47 bits per heavy atom. The van der Waals surface area contributed by atoms with Crippen LogP contribution in [0, 0.1) is 17.2 Å². The molecule has 2 aromatic rings. The number of rotatable bonds is 8. The van der Waals surface area contributed by atoms with Crippen LogP contribution in [0.2, 0.25) is 0 Å². The highest BCUT2D eigenvalue weighted by molar-refractivity contribution is 9.08. The van der Waals surface area contributed by atoms with Gasteiger partial charge in [0.15, 0.2) is 5.58 Å².